The van der Waals surface area contributed by atoms with Crippen LogP contribution in [0.3, 0.4) is 0 Å². The first kappa shape index (κ1) is 2.35. The Morgan fingerprint density at radius 2 is 2.75 bits per heavy atom. The third-order valence-corrected chi connectivity index (χ3v) is 0.204. The molecule has 0 aromatic rings. The zero-order valence-electron chi connectivity index (χ0n) is 3.22. The van der Waals surface area contributed by atoms with E-state index in [1.54, 1.807) is 0 Å². The van der Waals surface area contributed by atoms with Gasteiger partial charge < -0.3 is 0 Å². The first-order chi connectivity index (χ1) is 2.27. The summed E-state index contributed by atoms with van der Waals surface area (Å²) in [6, 6.07) is 0. The molecular weight excluding hydrogens is 76.1 g/mol. The number of hydrogen-bond donors (Lipinski definition) is 1. The van der Waals surface area contributed by atoms with Gasteiger partial charge in [0.15, 0.2) is 1.12 Å². The summed E-state index contributed by atoms with van der Waals surface area (Å²) in [6.07, 6.45) is 0. The predicted octanol–water partition coefficient (Wildman–Crippen LogP) is -0.507. The lowest BCUT2D eigenvalue weighted by Crippen LogP contribution is -1.61. The summed E-state index contributed by atoms with van der Waals surface area (Å²) in [7, 11) is 1.21. The maximum Gasteiger partial charge on any atom is 0.172 e. The summed E-state index contributed by atoms with van der Waals surface area (Å²) in [5, 5.41) is 0. The van der Waals surface area contributed by atoms with Crippen LogP contribution in [0.2, 0.25) is 0 Å². The van der Waals surface area contributed by atoms with Gasteiger partial charge in [-0.2, -0.15) is 0 Å². The normalized spacial score (nSPS) is 18.8. The van der Waals surface area contributed by atoms with Gasteiger partial charge in [0.25, 0.3) is 0 Å². The largest absolute Gasteiger partial charge is 0.296 e. The van der Waals surface area contributed by atoms with Crippen LogP contribution in [0.1, 0.15) is 0 Å². The van der Waals surface area contributed by atoms with Crippen LogP contribution in [0.4, 0.5) is 0 Å². The molecule has 0 aliphatic carbocycles. The van der Waals surface area contributed by atoms with E-state index in [0.29, 0.717) is 0 Å². The highest BCUT2D eigenvalue weighted by Gasteiger charge is 1.44. The van der Waals surface area contributed by atoms with E-state index in [1.807, 2.05) is 0 Å². The quantitative estimate of drug-likeness (QED) is 0.430. The molecule has 0 spiro atoms. The molecule has 26 valence electrons. The van der Waals surface area contributed by atoms with Crippen molar-refractivity contribution in [2.75, 3.05) is 7.11 Å². The van der Waals surface area contributed by atoms with Gasteiger partial charge in [-0.1, -0.05) is 0 Å². The van der Waals surface area contributed by atoms with Crippen LogP contribution in [0.5, 0.6) is 0 Å². The SMILES string of the molecule is [2H]S(=O)OC. The van der Waals surface area contributed by atoms with Gasteiger partial charge in [0.1, 0.15) is 11.9 Å². The second kappa shape index (κ2) is 3.11. The van der Waals surface area contributed by atoms with Gasteiger partial charge in [-0.15, -0.1) is 0 Å². The molecule has 4 heavy (non-hydrogen) atoms. The van der Waals surface area contributed by atoms with Gasteiger partial charge >= 0.3 is 0 Å². The van der Waals surface area contributed by atoms with Gasteiger partial charge in [0, 0.05) is 0 Å². The minimum absolute atomic E-state index is 1.21. The Labute approximate surface area is 29.6 Å². The van der Waals surface area contributed by atoms with E-state index in [1.165, 1.54) is 7.11 Å². The van der Waals surface area contributed by atoms with E-state index >= 15 is 0 Å². The predicted molar refractivity (Wildman–Crippen MR) is 16.5 cm³/mol. The second-order valence-corrected chi connectivity index (χ2v) is 0.704. The van der Waals surface area contributed by atoms with Crippen molar-refractivity contribution in [2.45, 2.75) is 0 Å². The smallest absolute Gasteiger partial charge is 0.172 e. The van der Waals surface area contributed by atoms with Crippen molar-refractivity contribution in [1.29, 1.82) is 1.12 Å². The van der Waals surface area contributed by atoms with Crippen molar-refractivity contribution in [2.24, 2.45) is 0 Å². The standard InChI is InChI=1S/CH4O2S/c1-3-4-2/h4H,1H3/i4D. The summed E-state index contributed by atoms with van der Waals surface area (Å²) in [6.45, 7) is 0. The average Bonchev–Trinajstić information content (AvgIpc) is 1.38. The fraction of sp³-hybridized carbons (Fsp3) is 1.00. The Bertz CT molecular complexity index is 44.9. The highest BCUT2D eigenvalue weighted by molar-refractivity contribution is 7.60. The lowest BCUT2D eigenvalue weighted by Gasteiger charge is -1.61. The molecule has 0 aromatic carbocycles. The molecule has 3 heteroatoms. The molecule has 0 amide bonds. The Kier molecular flexibility index (Phi) is 1.83. The van der Waals surface area contributed by atoms with Crippen molar-refractivity contribution < 1.29 is 8.39 Å². The summed E-state index contributed by atoms with van der Waals surface area (Å²) in [4.78, 5) is 0. The van der Waals surface area contributed by atoms with Crippen molar-refractivity contribution in [3.05, 3.63) is 0 Å². The van der Waals surface area contributed by atoms with E-state index in [4.69, 9.17) is 1.12 Å². The molecule has 1 unspecified atom stereocenters. The third-order valence-electron chi connectivity index (χ3n) is 0.0680. The summed E-state index contributed by atoms with van der Waals surface area (Å²) in [5.41, 5.74) is 0. The van der Waals surface area contributed by atoms with Crippen LogP contribution in [0.15, 0.2) is 0 Å². The molecule has 0 saturated heterocycles. The van der Waals surface area contributed by atoms with Crippen LogP contribution in [0, 0.1) is 0 Å². The lowest BCUT2D eigenvalue weighted by molar-refractivity contribution is 0.461. The van der Waals surface area contributed by atoms with Gasteiger partial charge in [0.05, 0.1) is 7.11 Å². The average molecular weight is 81.1 g/mol. The first-order valence-corrected chi connectivity index (χ1v) is 1.41. The number of thiol groups is 1. The summed E-state index contributed by atoms with van der Waals surface area (Å²) >= 11 is -1.82. The Morgan fingerprint density at radius 3 is 2.75 bits per heavy atom. The topological polar surface area (TPSA) is 26.3 Å². The van der Waals surface area contributed by atoms with Crippen molar-refractivity contribution >= 4 is 11.9 Å². The van der Waals surface area contributed by atoms with Crippen LogP contribution >= 0.6 is 0 Å². The highest BCUT2D eigenvalue weighted by Crippen LogP contribution is 1.42. The Morgan fingerprint density at radius 1 is 2.50 bits per heavy atom. The molecular formula is CH4O2S. The second-order valence-electron chi connectivity index (χ2n) is 0.235. The monoisotopic (exact) mass is 81.0 g/mol. The van der Waals surface area contributed by atoms with Crippen LogP contribution in [0.25, 0.3) is 0 Å². The van der Waals surface area contributed by atoms with Gasteiger partial charge in [-0.25, -0.2) is 4.21 Å². The third kappa shape index (κ3) is 2.11. The van der Waals surface area contributed by atoms with E-state index in [-0.39, 0.29) is 0 Å². The molecule has 0 aliphatic rings. The molecule has 1 atom stereocenters. The van der Waals surface area contributed by atoms with E-state index in [0.717, 1.165) is 0 Å². The Hall–Kier alpha value is 0.110. The minimum atomic E-state index is -1.82. The fourth-order valence-corrected chi connectivity index (χ4v) is 0. The van der Waals surface area contributed by atoms with Crippen LogP contribution in [-0.4, -0.2) is 12.4 Å². The molecule has 0 bridgehead atoms. The number of hydrogen-bond acceptors (Lipinski definition) is 2. The maximum atomic E-state index is 9.37. The zero-order valence-corrected chi connectivity index (χ0v) is 3.04. The maximum absolute atomic E-state index is 9.37. The van der Waals surface area contributed by atoms with Crippen LogP contribution in [-0.2, 0) is 16.0 Å². The molecule has 0 heterocycles. The lowest BCUT2D eigenvalue weighted by atomic mass is 11.8. The molecule has 2 nitrogen and oxygen atoms in total. The van der Waals surface area contributed by atoms with Crippen molar-refractivity contribution in [3.63, 3.8) is 0 Å². The van der Waals surface area contributed by atoms with E-state index in [9.17, 15) is 4.21 Å². The minimum Gasteiger partial charge on any atom is -0.296 e. The van der Waals surface area contributed by atoms with E-state index < -0.39 is 11.9 Å². The van der Waals surface area contributed by atoms with Gasteiger partial charge in [0.2, 0.25) is 0 Å². The van der Waals surface area contributed by atoms with Crippen molar-refractivity contribution in [3.8, 4) is 0 Å². The highest BCUT2D eigenvalue weighted by atomic mass is 32.2. The summed E-state index contributed by atoms with van der Waals surface area (Å²) < 4.78 is 19.3. The first-order valence-electron chi connectivity index (χ1n) is 1.15. The molecule has 0 aromatic heterocycles. The fourth-order valence-electron chi connectivity index (χ4n) is 0. The molecule has 0 fully saturated rings. The molecule has 0 rings (SSSR count). The number of rotatable bonds is 1. The molecule has 0 saturated carbocycles. The van der Waals surface area contributed by atoms with Crippen molar-refractivity contribution in [1.82, 2.24) is 0 Å². The molecule has 0 N–H and O–H groups in total. The van der Waals surface area contributed by atoms with Crippen LogP contribution < -0.4 is 0 Å². The summed E-state index contributed by atoms with van der Waals surface area (Å²) in [5.74, 6) is 0. The molecule has 0 aliphatic heterocycles. The van der Waals surface area contributed by atoms with Gasteiger partial charge in [-0.05, 0) is 0 Å². The molecule has 0 radical (unpaired) electrons. The Balaban J connectivity index is 2.85. The van der Waals surface area contributed by atoms with E-state index in [2.05, 4.69) is 4.18 Å². The van der Waals surface area contributed by atoms with Gasteiger partial charge in [-0.3, -0.25) is 4.18 Å². The zero-order chi connectivity index (χ0) is 4.28.